The standard InChI is InChI=1S/C17H24N2O3S/c20-23(21,13-9-15-4-2-1-3-5-15)18-16-6-10-19(14-16)17-7-11-22-12-8-17/h1-5,9,13,16-18H,6-8,10-12,14H2. The summed E-state index contributed by atoms with van der Waals surface area (Å²) in [6.07, 6.45) is 4.60. The molecule has 3 rings (SSSR count). The van der Waals surface area contributed by atoms with Gasteiger partial charge in [-0.25, -0.2) is 13.1 Å². The van der Waals surface area contributed by atoms with E-state index in [4.69, 9.17) is 4.74 Å². The van der Waals surface area contributed by atoms with Crippen molar-refractivity contribution in [1.29, 1.82) is 0 Å². The van der Waals surface area contributed by atoms with E-state index in [0.717, 1.165) is 51.1 Å². The Labute approximate surface area is 138 Å². The Morgan fingerprint density at radius 3 is 2.61 bits per heavy atom. The number of benzene rings is 1. The minimum Gasteiger partial charge on any atom is -0.381 e. The summed E-state index contributed by atoms with van der Waals surface area (Å²) in [5.41, 5.74) is 0.883. The molecule has 2 aliphatic heterocycles. The highest BCUT2D eigenvalue weighted by molar-refractivity contribution is 7.92. The number of rotatable bonds is 5. The first-order valence-corrected chi connectivity index (χ1v) is 9.74. The van der Waals surface area contributed by atoms with Crippen molar-refractivity contribution in [3.63, 3.8) is 0 Å². The lowest BCUT2D eigenvalue weighted by molar-refractivity contribution is 0.0419. The lowest BCUT2D eigenvalue weighted by Gasteiger charge is -2.30. The van der Waals surface area contributed by atoms with Gasteiger partial charge in [0.2, 0.25) is 10.0 Å². The summed E-state index contributed by atoms with van der Waals surface area (Å²) in [6.45, 7) is 3.39. The lowest BCUT2D eigenvalue weighted by atomic mass is 10.1. The summed E-state index contributed by atoms with van der Waals surface area (Å²) in [7, 11) is -3.40. The molecule has 1 N–H and O–H groups in total. The van der Waals surface area contributed by atoms with Crippen LogP contribution >= 0.6 is 0 Å². The summed E-state index contributed by atoms with van der Waals surface area (Å²) >= 11 is 0. The highest BCUT2D eigenvalue weighted by Crippen LogP contribution is 2.20. The minimum absolute atomic E-state index is 0.00303. The second-order valence-electron chi connectivity index (χ2n) is 6.20. The van der Waals surface area contributed by atoms with Crippen LogP contribution in [0.5, 0.6) is 0 Å². The van der Waals surface area contributed by atoms with Gasteiger partial charge in [-0.05, 0) is 30.9 Å². The molecule has 2 heterocycles. The Morgan fingerprint density at radius 1 is 1.13 bits per heavy atom. The fourth-order valence-corrected chi connectivity index (χ4v) is 4.34. The zero-order chi connectivity index (χ0) is 16.1. The molecule has 6 heteroatoms. The van der Waals surface area contributed by atoms with Gasteiger partial charge in [-0.3, -0.25) is 4.90 Å². The van der Waals surface area contributed by atoms with Crippen LogP contribution in [0, 0.1) is 0 Å². The molecule has 1 aromatic carbocycles. The molecule has 1 aromatic rings. The molecule has 23 heavy (non-hydrogen) atoms. The van der Waals surface area contributed by atoms with Gasteiger partial charge in [0.25, 0.3) is 0 Å². The molecular weight excluding hydrogens is 312 g/mol. The first-order valence-electron chi connectivity index (χ1n) is 8.20. The third-order valence-electron chi connectivity index (χ3n) is 4.50. The van der Waals surface area contributed by atoms with Crippen molar-refractivity contribution < 1.29 is 13.2 Å². The van der Waals surface area contributed by atoms with Crippen molar-refractivity contribution in [1.82, 2.24) is 9.62 Å². The summed E-state index contributed by atoms with van der Waals surface area (Å²) in [5, 5.41) is 1.26. The second kappa shape index (κ2) is 7.57. The number of hydrogen-bond acceptors (Lipinski definition) is 4. The Balaban J connectivity index is 1.53. The second-order valence-corrected chi connectivity index (χ2v) is 7.80. The number of nitrogens with zero attached hydrogens (tertiary/aromatic N) is 1. The van der Waals surface area contributed by atoms with Crippen LogP contribution in [0.1, 0.15) is 24.8 Å². The van der Waals surface area contributed by atoms with E-state index in [2.05, 4.69) is 9.62 Å². The van der Waals surface area contributed by atoms with Gasteiger partial charge in [-0.2, -0.15) is 0 Å². The van der Waals surface area contributed by atoms with Crippen molar-refractivity contribution in [2.45, 2.75) is 31.3 Å². The Bertz CT molecular complexity index is 624. The summed E-state index contributed by atoms with van der Waals surface area (Å²) in [5.74, 6) is 0. The predicted octanol–water partition coefficient (Wildman–Crippen LogP) is 1.83. The molecule has 0 amide bonds. The van der Waals surface area contributed by atoms with Crippen LogP contribution in [0.4, 0.5) is 0 Å². The van der Waals surface area contributed by atoms with Crippen LogP contribution in [0.15, 0.2) is 35.7 Å². The summed E-state index contributed by atoms with van der Waals surface area (Å²) in [6, 6.07) is 10.0. The first-order chi connectivity index (χ1) is 11.1. The quantitative estimate of drug-likeness (QED) is 0.891. The third kappa shape index (κ3) is 4.88. The third-order valence-corrected chi connectivity index (χ3v) is 5.65. The molecular formula is C17H24N2O3S. The smallest absolute Gasteiger partial charge is 0.234 e. The van der Waals surface area contributed by atoms with E-state index in [1.165, 1.54) is 5.41 Å². The van der Waals surface area contributed by atoms with Crippen molar-refractivity contribution in [2.24, 2.45) is 0 Å². The number of ether oxygens (including phenoxy) is 1. The SMILES string of the molecule is O=S(=O)(C=Cc1ccccc1)NC1CCN(C2CCOCC2)C1. The van der Waals surface area contributed by atoms with Crippen LogP contribution in [0.2, 0.25) is 0 Å². The van der Waals surface area contributed by atoms with E-state index in [1.54, 1.807) is 6.08 Å². The molecule has 0 aromatic heterocycles. The molecule has 5 nitrogen and oxygen atoms in total. The van der Waals surface area contributed by atoms with Gasteiger partial charge in [-0.15, -0.1) is 0 Å². The molecule has 1 atom stereocenters. The number of nitrogens with one attached hydrogen (secondary N) is 1. The summed E-state index contributed by atoms with van der Waals surface area (Å²) in [4.78, 5) is 2.40. The molecule has 0 aliphatic carbocycles. The predicted molar refractivity (Wildman–Crippen MR) is 91.4 cm³/mol. The number of sulfonamides is 1. The molecule has 126 valence electrons. The van der Waals surface area contributed by atoms with Crippen LogP contribution in [-0.2, 0) is 14.8 Å². The normalized spacial score (nSPS) is 24.4. The molecule has 2 saturated heterocycles. The molecule has 0 spiro atoms. The molecule has 2 fully saturated rings. The van der Waals surface area contributed by atoms with Gasteiger partial charge < -0.3 is 4.74 Å². The molecule has 1 unspecified atom stereocenters. The largest absolute Gasteiger partial charge is 0.381 e. The average Bonchev–Trinajstić information content (AvgIpc) is 3.03. The van der Waals surface area contributed by atoms with E-state index in [9.17, 15) is 8.42 Å². The van der Waals surface area contributed by atoms with Crippen LogP contribution < -0.4 is 4.72 Å². The molecule has 0 bridgehead atoms. The van der Waals surface area contributed by atoms with Crippen molar-refractivity contribution >= 4 is 16.1 Å². The highest BCUT2D eigenvalue weighted by Gasteiger charge is 2.30. The van der Waals surface area contributed by atoms with Gasteiger partial charge >= 0.3 is 0 Å². The van der Waals surface area contributed by atoms with Crippen LogP contribution in [0.25, 0.3) is 6.08 Å². The maximum Gasteiger partial charge on any atom is 0.234 e. The number of hydrogen-bond donors (Lipinski definition) is 1. The molecule has 0 radical (unpaired) electrons. The van der Waals surface area contributed by atoms with E-state index in [-0.39, 0.29) is 6.04 Å². The first kappa shape index (κ1) is 16.6. The van der Waals surface area contributed by atoms with E-state index in [1.807, 2.05) is 30.3 Å². The zero-order valence-electron chi connectivity index (χ0n) is 13.2. The Morgan fingerprint density at radius 2 is 1.87 bits per heavy atom. The average molecular weight is 336 g/mol. The van der Waals surface area contributed by atoms with Crippen LogP contribution in [0.3, 0.4) is 0 Å². The summed E-state index contributed by atoms with van der Waals surface area (Å²) < 4.78 is 32.6. The van der Waals surface area contributed by atoms with Gasteiger partial charge in [-0.1, -0.05) is 30.3 Å². The molecule has 2 aliphatic rings. The van der Waals surface area contributed by atoms with Gasteiger partial charge in [0.05, 0.1) is 0 Å². The zero-order valence-corrected chi connectivity index (χ0v) is 14.0. The van der Waals surface area contributed by atoms with Gasteiger partial charge in [0, 0.05) is 43.8 Å². The Kier molecular flexibility index (Phi) is 5.48. The van der Waals surface area contributed by atoms with Crippen molar-refractivity contribution in [3.8, 4) is 0 Å². The highest BCUT2D eigenvalue weighted by atomic mass is 32.2. The maximum atomic E-state index is 12.2. The van der Waals surface area contributed by atoms with E-state index >= 15 is 0 Å². The Hall–Kier alpha value is -1.21. The maximum absolute atomic E-state index is 12.2. The fraction of sp³-hybridized carbons (Fsp3) is 0.529. The van der Waals surface area contributed by atoms with Gasteiger partial charge in [0.15, 0.2) is 0 Å². The monoisotopic (exact) mass is 336 g/mol. The van der Waals surface area contributed by atoms with E-state index in [0.29, 0.717) is 6.04 Å². The van der Waals surface area contributed by atoms with Gasteiger partial charge in [0.1, 0.15) is 0 Å². The topological polar surface area (TPSA) is 58.6 Å². The number of likely N-dealkylation sites (tertiary alicyclic amines) is 1. The van der Waals surface area contributed by atoms with Crippen molar-refractivity contribution in [2.75, 3.05) is 26.3 Å². The fourth-order valence-electron chi connectivity index (χ4n) is 3.27. The lowest BCUT2D eigenvalue weighted by Crippen LogP contribution is -2.41. The molecule has 0 saturated carbocycles. The van der Waals surface area contributed by atoms with Crippen LogP contribution in [-0.4, -0.2) is 51.7 Å². The van der Waals surface area contributed by atoms with Crippen molar-refractivity contribution in [3.05, 3.63) is 41.3 Å². The minimum atomic E-state index is -3.40. The van der Waals surface area contributed by atoms with E-state index < -0.39 is 10.0 Å².